The molecule has 5 aromatic rings. The average Bonchev–Trinajstić information content (AvgIpc) is 3.47. The molecule has 0 aliphatic heterocycles. The van der Waals surface area contributed by atoms with Gasteiger partial charge >= 0.3 is 5.97 Å². The summed E-state index contributed by atoms with van der Waals surface area (Å²) in [5.41, 5.74) is 2.14. The van der Waals surface area contributed by atoms with Crippen molar-refractivity contribution in [3.8, 4) is 5.75 Å². The van der Waals surface area contributed by atoms with E-state index in [4.69, 9.17) is 4.74 Å². The SMILES string of the molecule is CC(c1nc2c(F)cc(F)cc2[nH]1)c1nc2ccc(C(=O)NCCOc3ccccc3C(=O)O)cc2n1C. The first-order valence-corrected chi connectivity index (χ1v) is 11.8. The Balaban J connectivity index is 1.30. The van der Waals surface area contributed by atoms with Crippen molar-refractivity contribution in [2.24, 2.45) is 7.05 Å². The highest BCUT2D eigenvalue weighted by molar-refractivity contribution is 5.97. The van der Waals surface area contributed by atoms with Gasteiger partial charge in [-0.3, -0.25) is 4.79 Å². The Morgan fingerprint density at radius 1 is 1.13 bits per heavy atom. The van der Waals surface area contributed by atoms with E-state index < -0.39 is 17.6 Å². The maximum absolute atomic E-state index is 14.1. The van der Waals surface area contributed by atoms with E-state index in [2.05, 4.69) is 20.3 Å². The number of carboxylic acid groups (broad SMARTS) is 1. The highest BCUT2D eigenvalue weighted by Gasteiger charge is 2.21. The molecule has 1 unspecified atom stereocenters. The number of rotatable bonds is 8. The Morgan fingerprint density at radius 2 is 1.92 bits per heavy atom. The maximum atomic E-state index is 14.1. The number of carboxylic acids is 1. The van der Waals surface area contributed by atoms with Crippen molar-refractivity contribution in [2.75, 3.05) is 13.2 Å². The summed E-state index contributed by atoms with van der Waals surface area (Å²) in [4.78, 5) is 36.0. The highest BCUT2D eigenvalue weighted by Crippen LogP contribution is 2.28. The number of ether oxygens (including phenoxy) is 1. The van der Waals surface area contributed by atoms with Gasteiger partial charge in [0.05, 0.1) is 29.0 Å². The predicted molar refractivity (Wildman–Crippen MR) is 135 cm³/mol. The topological polar surface area (TPSA) is 122 Å². The fraction of sp³-hybridized carbons (Fsp3) is 0.185. The van der Waals surface area contributed by atoms with Crippen LogP contribution in [0.4, 0.5) is 8.78 Å². The number of aromatic nitrogens is 4. The molecule has 0 bridgehead atoms. The molecule has 0 fully saturated rings. The number of aryl methyl sites for hydroxylation is 1. The van der Waals surface area contributed by atoms with Crippen LogP contribution >= 0.6 is 0 Å². The molecule has 2 heterocycles. The molecule has 3 aromatic carbocycles. The van der Waals surface area contributed by atoms with Crippen molar-refractivity contribution < 1.29 is 28.2 Å². The Kier molecular flexibility index (Phi) is 6.50. The van der Waals surface area contributed by atoms with E-state index >= 15 is 0 Å². The average molecular weight is 520 g/mol. The molecule has 11 heteroatoms. The first-order valence-electron chi connectivity index (χ1n) is 11.8. The number of hydrogen-bond acceptors (Lipinski definition) is 5. The molecular formula is C27H23F2N5O4. The second-order valence-electron chi connectivity index (χ2n) is 8.77. The number of imidazole rings is 2. The molecule has 0 spiro atoms. The summed E-state index contributed by atoms with van der Waals surface area (Å²) >= 11 is 0. The molecule has 5 rings (SSSR count). The van der Waals surface area contributed by atoms with Crippen LogP contribution in [-0.2, 0) is 7.05 Å². The van der Waals surface area contributed by atoms with Crippen LogP contribution in [0.15, 0.2) is 54.6 Å². The zero-order valence-corrected chi connectivity index (χ0v) is 20.5. The van der Waals surface area contributed by atoms with Crippen LogP contribution in [0.5, 0.6) is 5.75 Å². The minimum Gasteiger partial charge on any atom is -0.491 e. The summed E-state index contributed by atoms with van der Waals surface area (Å²) in [7, 11) is 1.81. The van der Waals surface area contributed by atoms with Crippen LogP contribution in [0.1, 0.15) is 45.2 Å². The summed E-state index contributed by atoms with van der Waals surface area (Å²) in [6.45, 7) is 2.11. The highest BCUT2D eigenvalue weighted by atomic mass is 19.1. The maximum Gasteiger partial charge on any atom is 0.339 e. The minimum absolute atomic E-state index is 0.0467. The number of halogens is 2. The van der Waals surface area contributed by atoms with Gasteiger partial charge in [-0.25, -0.2) is 23.5 Å². The second-order valence-corrected chi connectivity index (χ2v) is 8.77. The van der Waals surface area contributed by atoms with Crippen LogP contribution in [0.3, 0.4) is 0 Å². The van der Waals surface area contributed by atoms with Crippen LogP contribution < -0.4 is 10.1 Å². The lowest BCUT2D eigenvalue weighted by atomic mass is 10.1. The van der Waals surface area contributed by atoms with Crippen molar-refractivity contribution in [3.05, 3.63) is 89.0 Å². The Hall–Kier alpha value is -4.80. The number of nitrogens with one attached hydrogen (secondary N) is 2. The zero-order valence-electron chi connectivity index (χ0n) is 20.5. The lowest BCUT2D eigenvalue weighted by Gasteiger charge is -2.10. The summed E-state index contributed by atoms with van der Waals surface area (Å²) < 4.78 is 35.1. The molecular weight excluding hydrogens is 496 g/mol. The van der Waals surface area contributed by atoms with E-state index in [0.29, 0.717) is 28.2 Å². The van der Waals surface area contributed by atoms with Gasteiger partial charge in [0.2, 0.25) is 0 Å². The van der Waals surface area contributed by atoms with E-state index in [0.717, 1.165) is 6.07 Å². The molecule has 0 saturated carbocycles. The fourth-order valence-electron chi connectivity index (χ4n) is 4.32. The van der Waals surface area contributed by atoms with Crippen molar-refractivity contribution in [1.82, 2.24) is 24.8 Å². The van der Waals surface area contributed by atoms with E-state index in [9.17, 15) is 23.5 Å². The molecule has 0 radical (unpaired) electrons. The van der Waals surface area contributed by atoms with Crippen molar-refractivity contribution in [3.63, 3.8) is 0 Å². The van der Waals surface area contributed by atoms with Gasteiger partial charge < -0.3 is 24.7 Å². The van der Waals surface area contributed by atoms with Gasteiger partial charge in [0.25, 0.3) is 5.91 Å². The molecule has 1 amide bonds. The number of nitrogens with zero attached hydrogens (tertiary/aromatic N) is 3. The van der Waals surface area contributed by atoms with Gasteiger partial charge in [-0.05, 0) is 43.3 Å². The monoisotopic (exact) mass is 519 g/mol. The van der Waals surface area contributed by atoms with Crippen molar-refractivity contribution in [1.29, 1.82) is 0 Å². The Morgan fingerprint density at radius 3 is 2.71 bits per heavy atom. The standard InChI is InChI=1S/C27H23F2N5O4/c1-14(24-31-20-13-16(28)12-18(29)23(20)33-24)25-32-19-8-7-15(11-21(19)34(25)2)26(35)30-9-10-38-22-6-4-3-5-17(22)27(36)37/h3-8,11-14H,9-10H2,1-2H3,(H,30,35)(H,31,33)(H,36,37). The molecule has 2 aromatic heterocycles. The number of aromatic amines is 1. The largest absolute Gasteiger partial charge is 0.491 e. The lowest BCUT2D eigenvalue weighted by molar-refractivity contribution is 0.0691. The number of benzene rings is 3. The van der Waals surface area contributed by atoms with E-state index in [1.807, 2.05) is 11.5 Å². The molecule has 0 aliphatic rings. The van der Waals surface area contributed by atoms with Crippen molar-refractivity contribution >= 4 is 33.9 Å². The van der Waals surface area contributed by atoms with E-state index in [1.54, 1.807) is 43.4 Å². The smallest absolute Gasteiger partial charge is 0.339 e. The third-order valence-electron chi connectivity index (χ3n) is 6.26. The van der Waals surface area contributed by atoms with Crippen LogP contribution in [0, 0.1) is 11.6 Å². The quantitative estimate of drug-likeness (QED) is 0.262. The van der Waals surface area contributed by atoms with Crippen LogP contribution in [0.2, 0.25) is 0 Å². The van der Waals surface area contributed by atoms with Gasteiger partial charge in [0.1, 0.15) is 40.9 Å². The molecule has 0 saturated heterocycles. The number of H-pyrrole nitrogens is 1. The number of hydrogen-bond donors (Lipinski definition) is 3. The van der Waals surface area contributed by atoms with Gasteiger partial charge in [0.15, 0.2) is 5.82 Å². The van der Waals surface area contributed by atoms with Gasteiger partial charge in [-0.1, -0.05) is 12.1 Å². The molecule has 3 N–H and O–H groups in total. The van der Waals surface area contributed by atoms with E-state index in [-0.39, 0.29) is 47.3 Å². The molecule has 194 valence electrons. The summed E-state index contributed by atoms with van der Waals surface area (Å²) in [6.07, 6.45) is 0. The Labute approximate surface area is 215 Å². The first-order chi connectivity index (χ1) is 18.2. The number of aromatic carboxylic acids is 1. The zero-order chi connectivity index (χ0) is 27.0. The predicted octanol–water partition coefficient (Wildman–Crippen LogP) is 4.39. The van der Waals surface area contributed by atoms with Crippen molar-refractivity contribution in [2.45, 2.75) is 12.8 Å². The fourth-order valence-corrected chi connectivity index (χ4v) is 4.32. The van der Waals surface area contributed by atoms with Gasteiger partial charge in [0, 0.05) is 18.7 Å². The van der Waals surface area contributed by atoms with Gasteiger partial charge in [-0.15, -0.1) is 0 Å². The summed E-state index contributed by atoms with van der Waals surface area (Å²) in [6, 6.07) is 13.4. The number of carbonyl (C=O) groups excluding carboxylic acids is 1. The molecule has 9 nitrogen and oxygen atoms in total. The molecule has 1 atom stereocenters. The third kappa shape index (κ3) is 4.65. The molecule has 38 heavy (non-hydrogen) atoms. The normalized spacial score (nSPS) is 12.1. The number of carbonyl (C=O) groups is 2. The molecule has 0 aliphatic carbocycles. The number of fused-ring (bicyclic) bond motifs is 2. The Bertz CT molecular complexity index is 1690. The number of amides is 1. The second kappa shape index (κ2) is 9.92. The third-order valence-corrected chi connectivity index (χ3v) is 6.26. The lowest BCUT2D eigenvalue weighted by Crippen LogP contribution is -2.28. The van der Waals surface area contributed by atoms with Crippen LogP contribution in [-0.4, -0.2) is 49.7 Å². The van der Waals surface area contributed by atoms with Gasteiger partial charge in [-0.2, -0.15) is 0 Å². The summed E-state index contributed by atoms with van der Waals surface area (Å²) in [5.74, 6) is -1.94. The number of para-hydroxylation sites is 1. The summed E-state index contributed by atoms with van der Waals surface area (Å²) in [5, 5.41) is 12.0. The minimum atomic E-state index is -1.09. The van der Waals surface area contributed by atoms with E-state index in [1.165, 1.54) is 12.1 Å². The first kappa shape index (κ1) is 24.9. The van der Waals surface area contributed by atoms with Crippen LogP contribution in [0.25, 0.3) is 22.1 Å².